The molecular weight excluding hydrogens is 276 g/mol. The van der Waals surface area contributed by atoms with Gasteiger partial charge in [0.25, 0.3) is 5.91 Å². The predicted molar refractivity (Wildman–Crippen MR) is 76.0 cm³/mol. The van der Waals surface area contributed by atoms with Gasteiger partial charge in [0.15, 0.2) is 0 Å². The average Bonchev–Trinajstić information content (AvgIpc) is 2.34. The Morgan fingerprint density at radius 3 is 2.24 bits per heavy atom. The second kappa shape index (κ2) is 6.85. The number of hydrogen-bond acceptors (Lipinski definition) is 4. The van der Waals surface area contributed by atoms with Crippen LogP contribution < -0.4 is 10.6 Å². The molecule has 1 unspecified atom stereocenters. The van der Waals surface area contributed by atoms with Gasteiger partial charge in [0, 0.05) is 24.7 Å². The minimum Gasteiger partial charge on any atom is -0.481 e. The van der Waals surface area contributed by atoms with Crippen molar-refractivity contribution < 1.29 is 24.6 Å². The lowest BCUT2D eigenvalue weighted by Crippen LogP contribution is -2.42. The minimum absolute atomic E-state index is 0.175. The molecule has 0 bridgehead atoms. The summed E-state index contributed by atoms with van der Waals surface area (Å²) in [6.07, 6.45) is -0.464. The number of aliphatic hydroxyl groups is 1. The van der Waals surface area contributed by atoms with Crippen molar-refractivity contribution in [1.29, 1.82) is 0 Å². The van der Waals surface area contributed by atoms with Crippen LogP contribution in [0.2, 0.25) is 0 Å². The molecule has 1 atom stereocenters. The summed E-state index contributed by atoms with van der Waals surface area (Å²) in [5.74, 6) is -1.79. The zero-order valence-electron chi connectivity index (χ0n) is 11.8. The van der Waals surface area contributed by atoms with Crippen LogP contribution in [-0.2, 0) is 9.59 Å². The summed E-state index contributed by atoms with van der Waals surface area (Å²) in [6, 6.07) is 6.19. The Hall–Kier alpha value is -2.41. The summed E-state index contributed by atoms with van der Waals surface area (Å²) in [6.45, 7) is 2.54. The molecule has 0 saturated heterocycles. The average molecular weight is 294 g/mol. The van der Waals surface area contributed by atoms with Crippen molar-refractivity contribution in [2.24, 2.45) is 0 Å². The Morgan fingerprint density at radius 1 is 1.19 bits per heavy atom. The number of rotatable bonds is 6. The third kappa shape index (κ3) is 6.05. The van der Waals surface area contributed by atoms with Crippen LogP contribution in [-0.4, -0.2) is 40.1 Å². The third-order valence-electron chi connectivity index (χ3n) is 2.63. The van der Waals surface area contributed by atoms with Gasteiger partial charge in [0.2, 0.25) is 5.91 Å². The van der Waals surface area contributed by atoms with Crippen molar-refractivity contribution in [3.63, 3.8) is 0 Å². The molecule has 1 aromatic carbocycles. The fourth-order valence-electron chi connectivity index (χ4n) is 1.67. The first kappa shape index (κ1) is 16.6. The highest BCUT2D eigenvalue weighted by atomic mass is 16.4. The van der Waals surface area contributed by atoms with Crippen molar-refractivity contribution in [2.75, 3.05) is 11.9 Å². The standard InChI is InChI=1S/C14H18N2O5/c1-9(17)16-11-5-3-10(4-6-11)13(20)15-8-14(2,21)7-12(18)19/h3-6,21H,7-8H2,1-2H3,(H,15,20)(H,16,17)(H,18,19). The van der Waals surface area contributed by atoms with Crippen LogP contribution in [0.5, 0.6) is 0 Å². The molecule has 7 nitrogen and oxygen atoms in total. The number of carbonyl (C=O) groups is 3. The van der Waals surface area contributed by atoms with Crippen LogP contribution in [0.1, 0.15) is 30.6 Å². The Morgan fingerprint density at radius 2 is 1.76 bits per heavy atom. The van der Waals surface area contributed by atoms with Gasteiger partial charge in [-0.2, -0.15) is 0 Å². The van der Waals surface area contributed by atoms with Gasteiger partial charge in [-0.15, -0.1) is 0 Å². The summed E-state index contributed by atoms with van der Waals surface area (Å²) in [7, 11) is 0. The van der Waals surface area contributed by atoms with E-state index in [1.165, 1.54) is 26.0 Å². The van der Waals surface area contributed by atoms with Gasteiger partial charge < -0.3 is 20.8 Å². The van der Waals surface area contributed by atoms with Gasteiger partial charge in [-0.3, -0.25) is 14.4 Å². The predicted octanol–water partition coefficient (Wildman–Crippen LogP) is 0.600. The largest absolute Gasteiger partial charge is 0.481 e. The lowest BCUT2D eigenvalue weighted by molar-refractivity contribution is -0.141. The van der Waals surface area contributed by atoms with Crippen LogP contribution in [0.15, 0.2) is 24.3 Å². The highest BCUT2D eigenvalue weighted by Gasteiger charge is 2.24. The molecule has 0 radical (unpaired) electrons. The summed E-state index contributed by atoms with van der Waals surface area (Å²) in [4.78, 5) is 33.3. The van der Waals surface area contributed by atoms with E-state index < -0.39 is 23.9 Å². The zero-order valence-corrected chi connectivity index (χ0v) is 11.8. The smallest absolute Gasteiger partial charge is 0.306 e. The highest BCUT2D eigenvalue weighted by molar-refractivity contribution is 5.95. The minimum atomic E-state index is -1.52. The monoisotopic (exact) mass is 294 g/mol. The molecule has 0 fully saturated rings. The lowest BCUT2D eigenvalue weighted by Gasteiger charge is -2.21. The topological polar surface area (TPSA) is 116 Å². The molecule has 7 heteroatoms. The van der Waals surface area contributed by atoms with Gasteiger partial charge in [0.1, 0.15) is 0 Å². The SMILES string of the molecule is CC(=O)Nc1ccc(C(=O)NCC(C)(O)CC(=O)O)cc1. The Balaban J connectivity index is 2.59. The number of nitrogens with one attached hydrogen (secondary N) is 2. The molecule has 0 saturated carbocycles. The Labute approximate surface area is 122 Å². The maximum absolute atomic E-state index is 11.9. The van der Waals surface area contributed by atoms with E-state index >= 15 is 0 Å². The van der Waals surface area contributed by atoms with E-state index in [9.17, 15) is 19.5 Å². The van der Waals surface area contributed by atoms with Crippen LogP contribution in [0.3, 0.4) is 0 Å². The van der Waals surface area contributed by atoms with Gasteiger partial charge in [-0.1, -0.05) is 0 Å². The maximum atomic E-state index is 11.9. The summed E-state index contributed by atoms with van der Waals surface area (Å²) in [5, 5.41) is 23.4. The summed E-state index contributed by atoms with van der Waals surface area (Å²) < 4.78 is 0. The van der Waals surface area contributed by atoms with Gasteiger partial charge in [0.05, 0.1) is 12.0 Å². The second-order valence-corrected chi connectivity index (χ2v) is 5.01. The molecule has 2 amide bonds. The van der Waals surface area contributed by atoms with Crippen LogP contribution in [0.4, 0.5) is 5.69 Å². The molecule has 0 aliphatic rings. The van der Waals surface area contributed by atoms with Crippen LogP contribution in [0.25, 0.3) is 0 Å². The molecular formula is C14H18N2O5. The number of amides is 2. The summed E-state index contributed by atoms with van der Waals surface area (Å²) in [5.41, 5.74) is -0.607. The molecule has 114 valence electrons. The number of carboxylic acids is 1. The van der Waals surface area contributed by atoms with E-state index in [2.05, 4.69) is 10.6 Å². The van der Waals surface area contributed by atoms with Crippen molar-refractivity contribution in [3.8, 4) is 0 Å². The Kier molecular flexibility index (Phi) is 5.43. The number of carboxylic acid groups (broad SMARTS) is 1. The molecule has 0 heterocycles. The molecule has 1 aromatic rings. The van der Waals surface area contributed by atoms with Crippen molar-refractivity contribution in [1.82, 2.24) is 5.32 Å². The van der Waals surface area contributed by atoms with E-state index in [-0.39, 0.29) is 12.5 Å². The number of aliphatic carboxylic acids is 1. The molecule has 21 heavy (non-hydrogen) atoms. The zero-order chi connectivity index (χ0) is 16.0. The second-order valence-electron chi connectivity index (χ2n) is 5.01. The fourth-order valence-corrected chi connectivity index (χ4v) is 1.67. The molecule has 4 N–H and O–H groups in total. The normalized spacial score (nSPS) is 13.1. The first-order chi connectivity index (χ1) is 9.69. The van der Waals surface area contributed by atoms with E-state index in [0.29, 0.717) is 11.3 Å². The first-order valence-corrected chi connectivity index (χ1v) is 6.30. The highest BCUT2D eigenvalue weighted by Crippen LogP contribution is 2.11. The van der Waals surface area contributed by atoms with E-state index in [0.717, 1.165) is 0 Å². The van der Waals surface area contributed by atoms with Gasteiger partial charge in [-0.25, -0.2) is 0 Å². The molecule has 0 aliphatic heterocycles. The number of benzene rings is 1. The van der Waals surface area contributed by atoms with Gasteiger partial charge >= 0.3 is 5.97 Å². The number of hydrogen-bond donors (Lipinski definition) is 4. The molecule has 0 aliphatic carbocycles. The van der Waals surface area contributed by atoms with Gasteiger partial charge in [-0.05, 0) is 31.2 Å². The molecule has 0 aromatic heterocycles. The fraction of sp³-hybridized carbons (Fsp3) is 0.357. The number of carbonyl (C=O) groups excluding carboxylic acids is 2. The lowest BCUT2D eigenvalue weighted by atomic mass is 10.0. The van der Waals surface area contributed by atoms with Crippen molar-refractivity contribution in [3.05, 3.63) is 29.8 Å². The van der Waals surface area contributed by atoms with E-state index in [1.54, 1.807) is 12.1 Å². The number of anilines is 1. The van der Waals surface area contributed by atoms with Crippen molar-refractivity contribution >= 4 is 23.5 Å². The van der Waals surface area contributed by atoms with E-state index in [1.807, 2.05) is 0 Å². The summed E-state index contributed by atoms with van der Waals surface area (Å²) >= 11 is 0. The van der Waals surface area contributed by atoms with Crippen molar-refractivity contribution in [2.45, 2.75) is 25.9 Å². The Bertz CT molecular complexity index is 537. The third-order valence-corrected chi connectivity index (χ3v) is 2.63. The van der Waals surface area contributed by atoms with Crippen LogP contribution >= 0.6 is 0 Å². The van der Waals surface area contributed by atoms with Crippen LogP contribution in [0, 0.1) is 0 Å². The maximum Gasteiger partial charge on any atom is 0.306 e. The molecule has 1 rings (SSSR count). The quantitative estimate of drug-likeness (QED) is 0.613. The molecule has 0 spiro atoms. The first-order valence-electron chi connectivity index (χ1n) is 6.30. The van der Waals surface area contributed by atoms with E-state index in [4.69, 9.17) is 5.11 Å².